The molecule has 1 fully saturated rings. The lowest BCUT2D eigenvalue weighted by atomic mass is 9.91. The fourth-order valence-corrected chi connectivity index (χ4v) is 2.93. The van der Waals surface area contributed by atoms with E-state index in [0.717, 1.165) is 28.9 Å². The Morgan fingerprint density at radius 1 is 1.33 bits per heavy atom. The maximum Gasteiger partial charge on any atom is 0.127 e. The van der Waals surface area contributed by atoms with Gasteiger partial charge in [-0.15, -0.1) is 0 Å². The zero-order chi connectivity index (χ0) is 10.4. The minimum absolute atomic E-state index is 0.0495. The van der Waals surface area contributed by atoms with Crippen LogP contribution in [0.3, 0.4) is 0 Å². The van der Waals surface area contributed by atoms with Crippen LogP contribution >= 0.6 is 15.9 Å². The van der Waals surface area contributed by atoms with Gasteiger partial charge < -0.3 is 5.32 Å². The molecule has 1 N–H and O–H groups in total. The van der Waals surface area contributed by atoms with Gasteiger partial charge in [0.15, 0.2) is 0 Å². The van der Waals surface area contributed by atoms with Crippen LogP contribution in [0.4, 0.5) is 4.39 Å². The minimum Gasteiger partial charge on any atom is -0.309 e. The number of nitrogens with one attached hydrogen (secondary N) is 1. The average molecular weight is 270 g/mol. The SMILES string of the molecule is Fc1cc(Br)cc2c1CCNC2C1CC1. The first-order valence-corrected chi connectivity index (χ1v) is 6.26. The Balaban J connectivity index is 2.08. The van der Waals surface area contributed by atoms with Gasteiger partial charge in [0.2, 0.25) is 0 Å². The van der Waals surface area contributed by atoms with E-state index in [9.17, 15) is 4.39 Å². The van der Waals surface area contributed by atoms with Gasteiger partial charge in [-0.25, -0.2) is 4.39 Å². The Morgan fingerprint density at radius 2 is 2.13 bits per heavy atom. The minimum atomic E-state index is -0.0495. The molecule has 0 radical (unpaired) electrons. The molecule has 80 valence electrons. The van der Waals surface area contributed by atoms with Crippen LogP contribution in [-0.4, -0.2) is 6.54 Å². The van der Waals surface area contributed by atoms with Crippen LogP contribution in [-0.2, 0) is 6.42 Å². The standard InChI is InChI=1S/C12H13BrFN/c13-8-5-10-9(11(14)6-8)3-4-15-12(10)7-1-2-7/h5-7,12,15H,1-4H2. The van der Waals surface area contributed by atoms with Crippen LogP contribution < -0.4 is 5.32 Å². The second kappa shape index (κ2) is 3.56. The Labute approximate surface area is 97.2 Å². The molecule has 1 aromatic rings. The van der Waals surface area contributed by atoms with Crippen molar-refractivity contribution >= 4 is 15.9 Å². The third-order valence-corrected chi connectivity index (χ3v) is 3.82. The topological polar surface area (TPSA) is 12.0 Å². The molecule has 15 heavy (non-hydrogen) atoms. The van der Waals surface area contributed by atoms with E-state index in [4.69, 9.17) is 0 Å². The number of fused-ring (bicyclic) bond motifs is 1. The van der Waals surface area contributed by atoms with Gasteiger partial charge in [-0.05, 0) is 55.0 Å². The normalized spacial score (nSPS) is 25.1. The van der Waals surface area contributed by atoms with Gasteiger partial charge in [0.25, 0.3) is 0 Å². The predicted octanol–water partition coefficient (Wildman–Crippen LogP) is 3.19. The number of hydrogen-bond acceptors (Lipinski definition) is 1. The molecule has 0 amide bonds. The summed E-state index contributed by atoms with van der Waals surface area (Å²) in [6.45, 7) is 0.909. The zero-order valence-electron chi connectivity index (χ0n) is 8.39. The number of benzene rings is 1. The second-order valence-electron chi connectivity index (χ2n) is 4.47. The molecular weight excluding hydrogens is 257 g/mol. The van der Waals surface area contributed by atoms with E-state index in [0.29, 0.717) is 6.04 Å². The summed E-state index contributed by atoms with van der Waals surface area (Å²) in [5, 5.41) is 3.50. The summed E-state index contributed by atoms with van der Waals surface area (Å²) < 4.78 is 14.6. The monoisotopic (exact) mass is 269 g/mol. The summed E-state index contributed by atoms with van der Waals surface area (Å²) in [6.07, 6.45) is 3.38. The first-order valence-electron chi connectivity index (χ1n) is 5.47. The predicted molar refractivity (Wildman–Crippen MR) is 61.3 cm³/mol. The molecule has 1 unspecified atom stereocenters. The van der Waals surface area contributed by atoms with E-state index in [1.165, 1.54) is 18.4 Å². The van der Waals surface area contributed by atoms with Crippen molar-refractivity contribution in [2.45, 2.75) is 25.3 Å². The first kappa shape index (κ1) is 9.79. The van der Waals surface area contributed by atoms with Gasteiger partial charge in [-0.3, -0.25) is 0 Å². The summed E-state index contributed by atoms with van der Waals surface area (Å²) in [7, 11) is 0. The smallest absolute Gasteiger partial charge is 0.127 e. The van der Waals surface area contributed by atoms with Crippen LogP contribution in [0.5, 0.6) is 0 Å². The molecule has 0 saturated heterocycles. The third kappa shape index (κ3) is 1.72. The molecule has 1 saturated carbocycles. The maximum atomic E-state index is 13.7. The molecule has 1 atom stereocenters. The Bertz CT molecular complexity index is 401. The Hall–Kier alpha value is -0.410. The molecule has 3 heteroatoms. The highest BCUT2D eigenvalue weighted by atomic mass is 79.9. The van der Waals surface area contributed by atoms with E-state index >= 15 is 0 Å². The maximum absolute atomic E-state index is 13.7. The highest BCUT2D eigenvalue weighted by Gasteiger charge is 2.35. The summed E-state index contributed by atoms with van der Waals surface area (Å²) in [5.74, 6) is 0.685. The number of hydrogen-bond donors (Lipinski definition) is 1. The van der Waals surface area contributed by atoms with Crippen molar-refractivity contribution < 1.29 is 4.39 Å². The molecule has 0 aromatic heterocycles. The third-order valence-electron chi connectivity index (χ3n) is 3.36. The first-order chi connectivity index (χ1) is 7.25. The summed E-state index contributed by atoms with van der Waals surface area (Å²) in [5.41, 5.74) is 2.10. The lowest BCUT2D eigenvalue weighted by Gasteiger charge is -2.27. The summed E-state index contributed by atoms with van der Waals surface area (Å²) in [4.78, 5) is 0. The van der Waals surface area contributed by atoms with E-state index < -0.39 is 0 Å². The molecule has 1 aliphatic carbocycles. The van der Waals surface area contributed by atoms with Crippen LogP contribution in [0.2, 0.25) is 0 Å². The van der Waals surface area contributed by atoms with Crippen molar-refractivity contribution in [1.82, 2.24) is 5.32 Å². The van der Waals surface area contributed by atoms with Gasteiger partial charge in [-0.1, -0.05) is 15.9 Å². The highest BCUT2D eigenvalue weighted by molar-refractivity contribution is 9.10. The fourth-order valence-electron chi connectivity index (χ4n) is 2.48. The van der Waals surface area contributed by atoms with Gasteiger partial charge in [0, 0.05) is 10.5 Å². The van der Waals surface area contributed by atoms with Crippen LogP contribution in [0.1, 0.15) is 30.0 Å². The fraction of sp³-hybridized carbons (Fsp3) is 0.500. The van der Waals surface area contributed by atoms with Crippen molar-refractivity contribution in [1.29, 1.82) is 0 Å². The molecule has 1 heterocycles. The van der Waals surface area contributed by atoms with Crippen molar-refractivity contribution in [3.63, 3.8) is 0 Å². The van der Waals surface area contributed by atoms with Crippen LogP contribution in [0.15, 0.2) is 16.6 Å². The van der Waals surface area contributed by atoms with Gasteiger partial charge in [0.05, 0.1) is 0 Å². The van der Waals surface area contributed by atoms with Crippen molar-refractivity contribution in [3.8, 4) is 0 Å². The largest absolute Gasteiger partial charge is 0.309 e. The van der Waals surface area contributed by atoms with E-state index in [1.54, 1.807) is 6.07 Å². The number of halogens is 2. The molecule has 1 aromatic carbocycles. The second-order valence-corrected chi connectivity index (χ2v) is 5.39. The number of rotatable bonds is 1. The molecular formula is C12H13BrFN. The molecule has 0 spiro atoms. The van der Waals surface area contributed by atoms with Crippen LogP contribution in [0.25, 0.3) is 0 Å². The van der Waals surface area contributed by atoms with Gasteiger partial charge >= 0.3 is 0 Å². The van der Waals surface area contributed by atoms with Crippen molar-refractivity contribution in [2.24, 2.45) is 5.92 Å². The van der Waals surface area contributed by atoms with E-state index in [-0.39, 0.29) is 5.82 Å². The summed E-state index contributed by atoms with van der Waals surface area (Å²) >= 11 is 3.37. The molecule has 1 aliphatic heterocycles. The highest BCUT2D eigenvalue weighted by Crippen LogP contribution is 2.44. The lowest BCUT2D eigenvalue weighted by Crippen LogP contribution is -2.31. The summed E-state index contributed by atoms with van der Waals surface area (Å²) in [6, 6.07) is 4.04. The lowest BCUT2D eigenvalue weighted by molar-refractivity contribution is 0.446. The van der Waals surface area contributed by atoms with Gasteiger partial charge in [0.1, 0.15) is 5.82 Å². The Kier molecular flexibility index (Phi) is 2.33. The van der Waals surface area contributed by atoms with E-state index in [2.05, 4.69) is 27.3 Å². The Morgan fingerprint density at radius 3 is 2.87 bits per heavy atom. The average Bonchev–Trinajstić information content (AvgIpc) is 3.00. The quantitative estimate of drug-likeness (QED) is 0.826. The molecule has 2 aliphatic rings. The zero-order valence-corrected chi connectivity index (χ0v) is 9.98. The molecule has 1 nitrogen and oxygen atoms in total. The van der Waals surface area contributed by atoms with E-state index in [1.807, 2.05) is 0 Å². The van der Waals surface area contributed by atoms with Crippen LogP contribution in [0, 0.1) is 11.7 Å². The van der Waals surface area contributed by atoms with Gasteiger partial charge in [-0.2, -0.15) is 0 Å². The van der Waals surface area contributed by atoms with Crippen molar-refractivity contribution in [3.05, 3.63) is 33.5 Å². The molecule has 3 rings (SSSR count). The van der Waals surface area contributed by atoms with Crippen molar-refractivity contribution in [2.75, 3.05) is 6.54 Å². The molecule has 0 bridgehead atoms.